The molecule has 0 aromatic rings. The first kappa shape index (κ1) is 10.4. The van der Waals surface area contributed by atoms with E-state index < -0.39 is 0 Å². The van der Waals surface area contributed by atoms with E-state index in [9.17, 15) is 0 Å². The molecular weight excluding hydrogens is 134 g/mol. The van der Waals surface area contributed by atoms with Gasteiger partial charge in [0, 0.05) is 12.8 Å². The summed E-state index contributed by atoms with van der Waals surface area (Å²) in [5.41, 5.74) is 2.60. The number of aliphatic imine (C=N–C) groups is 1. The molecule has 0 radical (unpaired) electrons. The quantitative estimate of drug-likeness (QED) is 0.550. The van der Waals surface area contributed by atoms with Crippen LogP contribution in [0.25, 0.3) is 0 Å². The van der Waals surface area contributed by atoms with Crippen LogP contribution in [0.3, 0.4) is 0 Å². The Morgan fingerprint density at radius 1 is 1.36 bits per heavy atom. The van der Waals surface area contributed by atoms with Crippen molar-refractivity contribution < 1.29 is 0 Å². The molecule has 0 rings (SSSR count). The van der Waals surface area contributed by atoms with E-state index in [2.05, 4.69) is 31.8 Å². The molecule has 11 heavy (non-hydrogen) atoms. The molecule has 1 heteroatoms. The van der Waals surface area contributed by atoms with E-state index in [1.165, 1.54) is 17.7 Å². The minimum atomic E-state index is 1.11. The molecule has 0 fully saturated rings. The van der Waals surface area contributed by atoms with E-state index in [4.69, 9.17) is 0 Å². The van der Waals surface area contributed by atoms with Gasteiger partial charge in [0.1, 0.15) is 0 Å². The van der Waals surface area contributed by atoms with Crippen molar-refractivity contribution in [2.75, 3.05) is 7.05 Å². The highest BCUT2D eigenvalue weighted by molar-refractivity contribution is 5.99. The molecule has 0 aromatic heterocycles. The molecule has 0 heterocycles. The van der Waals surface area contributed by atoms with Crippen LogP contribution in [0.2, 0.25) is 0 Å². The molecule has 0 aliphatic carbocycles. The highest BCUT2D eigenvalue weighted by atomic mass is 14.7. The summed E-state index contributed by atoms with van der Waals surface area (Å²) in [6.07, 6.45) is 5.63. The van der Waals surface area contributed by atoms with Gasteiger partial charge in [-0.3, -0.25) is 4.99 Å². The van der Waals surface area contributed by atoms with Gasteiger partial charge in [-0.2, -0.15) is 0 Å². The van der Waals surface area contributed by atoms with Crippen molar-refractivity contribution in [2.45, 2.75) is 40.0 Å². The molecular formula is C10H19N. The molecule has 0 aliphatic rings. The first-order valence-electron chi connectivity index (χ1n) is 4.39. The van der Waals surface area contributed by atoms with Crippen molar-refractivity contribution in [3.05, 3.63) is 11.6 Å². The lowest BCUT2D eigenvalue weighted by atomic mass is 10.1. The molecule has 0 unspecified atom stereocenters. The van der Waals surface area contributed by atoms with Crippen LogP contribution in [0.4, 0.5) is 0 Å². The Kier molecular flexibility index (Phi) is 5.81. The van der Waals surface area contributed by atoms with Gasteiger partial charge < -0.3 is 0 Å². The first-order valence-corrected chi connectivity index (χ1v) is 4.39. The van der Waals surface area contributed by atoms with Gasteiger partial charge in [0.25, 0.3) is 0 Å². The summed E-state index contributed by atoms with van der Waals surface area (Å²) in [4.78, 5) is 4.24. The van der Waals surface area contributed by atoms with Crippen LogP contribution >= 0.6 is 0 Å². The third-order valence-electron chi connectivity index (χ3n) is 1.72. The molecule has 0 aliphatic heterocycles. The average Bonchev–Trinajstić information content (AvgIpc) is 2.00. The van der Waals surface area contributed by atoms with Crippen molar-refractivity contribution in [2.24, 2.45) is 4.99 Å². The molecule has 0 amide bonds. The van der Waals surface area contributed by atoms with Crippen molar-refractivity contribution in [1.82, 2.24) is 0 Å². The normalized spacial score (nSPS) is 13.8. The van der Waals surface area contributed by atoms with E-state index in [0.29, 0.717) is 0 Å². The fourth-order valence-corrected chi connectivity index (χ4v) is 1.15. The lowest BCUT2D eigenvalue weighted by Gasteiger charge is -2.03. The zero-order valence-corrected chi connectivity index (χ0v) is 8.15. The van der Waals surface area contributed by atoms with E-state index in [1.54, 1.807) is 0 Å². The van der Waals surface area contributed by atoms with Gasteiger partial charge in [-0.1, -0.05) is 26.3 Å². The molecule has 1 nitrogen and oxygen atoms in total. The van der Waals surface area contributed by atoms with Gasteiger partial charge in [-0.05, 0) is 25.3 Å². The summed E-state index contributed by atoms with van der Waals surface area (Å²) >= 11 is 0. The summed E-state index contributed by atoms with van der Waals surface area (Å²) in [6.45, 7) is 6.48. The minimum Gasteiger partial charge on any atom is -0.293 e. The fraction of sp³-hybridized carbons (Fsp3) is 0.700. The van der Waals surface area contributed by atoms with E-state index in [-0.39, 0.29) is 0 Å². The number of hydrogen-bond acceptors (Lipinski definition) is 1. The van der Waals surface area contributed by atoms with E-state index in [1.807, 2.05) is 7.05 Å². The van der Waals surface area contributed by atoms with Crippen molar-refractivity contribution >= 4 is 5.71 Å². The third kappa shape index (κ3) is 3.97. The SMILES string of the molecule is CC/C=C(/C)C(CCC)=NC. The second-order valence-corrected chi connectivity index (χ2v) is 2.72. The largest absolute Gasteiger partial charge is 0.293 e. The molecule has 0 saturated heterocycles. The molecule has 0 saturated carbocycles. The topological polar surface area (TPSA) is 12.4 Å². The maximum absolute atomic E-state index is 4.24. The number of nitrogens with zero attached hydrogens (tertiary/aromatic N) is 1. The van der Waals surface area contributed by atoms with Crippen LogP contribution in [0.5, 0.6) is 0 Å². The standard InChI is InChI=1S/C10H19N/c1-5-7-9(3)10(11-4)8-6-2/h7H,5-6,8H2,1-4H3/b9-7-,11-10?. The number of rotatable bonds is 4. The average molecular weight is 153 g/mol. The van der Waals surface area contributed by atoms with Gasteiger partial charge in [-0.15, -0.1) is 0 Å². The highest BCUT2D eigenvalue weighted by Crippen LogP contribution is 2.04. The van der Waals surface area contributed by atoms with Crippen molar-refractivity contribution in [1.29, 1.82) is 0 Å². The second kappa shape index (κ2) is 6.14. The van der Waals surface area contributed by atoms with E-state index in [0.717, 1.165) is 12.8 Å². The predicted octanol–water partition coefficient (Wildman–Crippen LogP) is 3.21. The Morgan fingerprint density at radius 2 is 2.00 bits per heavy atom. The minimum absolute atomic E-state index is 1.11. The molecule has 0 N–H and O–H groups in total. The molecule has 0 aromatic carbocycles. The zero-order chi connectivity index (χ0) is 8.69. The summed E-state index contributed by atoms with van der Waals surface area (Å²) in [5, 5.41) is 0. The van der Waals surface area contributed by atoms with Gasteiger partial charge >= 0.3 is 0 Å². The van der Waals surface area contributed by atoms with Crippen LogP contribution in [0, 0.1) is 0 Å². The molecule has 0 atom stereocenters. The van der Waals surface area contributed by atoms with Gasteiger partial charge in [0.15, 0.2) is 0 Å². The van der Waals surface area contributed by atoms with Crippen LogP contribution in [0.1, 0.15) is 40.0 Å². The maximum atomic E-state index is 4.24. The summed E-state index contributed by atoms with van der Waals surface area (Å²) < 4.78 is 0. The van der Waals surface area contributed by atoms with Crippen LogP contribution in [-0.2, 0) is 0 Å². The number of hydrogen-bond donors (Lipinski definition) is 0. The highest BCUT2D eigenvalue weighted by Gasteiger charge is 1.97. The van der Waals surface area contributed by atoms with Gasteiger partial charge in [0.2, 0.25) is 0 Å². The lowest BCUT2D eigenvalue weighted by Crippen LogP contribution is -1.98. The van der Waals surface area contributed by atoms with E-state index >= 15 is 0 Å². The lowest BCUT2D eigenvalue weighted by molar-refractivity contribution is 0.984. The molecule has 0 spiro atoms. The number of allylic oxidation sites excluding steroid dienone is 2. The monoisotopic (exact) mass is 153 g/mol. The predicted molar refractivity (Wildman–Crippen MR) is 52.3 cm³/mol. The second-order valence-electron chi connectivity index (χ2n) is 2.72. The van der Waals surface area contributed by atoms with Crippen molar-refractivity contribution in [3.63, 3.8) is 0 Å². The third-order valence-corrected chi connectivity index (χ3v) is 1.72. The van der Waals surface area contributed by atoms with Crippen LogP contribution < -0.4 is 0 Å². The van der Waals surface area contributed by atoms with Gasteiger partial charge in [-0.25, -0.2) is 0 Å². The van der Waals surface area contributed by atoms with Crippen molar-refractivity contribution in [3.8, 4) is 0 Å². The smallest absolute Gasteiger partial charge is 0.0370 e. The van der Waals surface area contributed by atoms with Crippen LogP contribution in [0.15, 0.2) is 16.6 Å². The Labute approximate surface area is 70.2 Å². The van der Waals surface area contributed by atoms with Crippen LogP contribution in [-0.4, -0.2) is 12.8 Å². The maximum Gasteiger partial charge on any atom is 0.0370 e. The molecule has 0 bridgehead atoms. The molecule has 64 valence electrons. The summed E-state index contributed by atoms with van der Waals surface area (Å²) in [7, 11) is 1.87. The Hall–Kier alpha value is -0.590. The fourth-order valence-electron chi connectivity index (χ4n) is 1.15. The summed E-state index contributed by atoms with van der Waals surface area (Å²) in [6, 6.07) is 0. The Balaban J connectivity index is 4.15. The zero-order valence-electron chi connectivity index (χ0n) is 8.15. The van der Waals surface area contributed by atoms with Gasteiger partial charge in [0.05, 0.1) is 0 Å². The Morgan fingerprint density at radius 3 is 2.36 bits per heavy atom. The Bertz CT molecular complexity index is 154. The summed E-state index contributed by atoms with van der Waals surface area (Å²) in [5.74, 6) is 0. The first-order chi connectivity index (χ1) is 5.26.